The van der Waals surface area contributed by atoms with Gasteiger partial charge in [-0.15, -0.1) is 12.4 Å². The van der Waals surface area contributed by atoms with E-state index in [0.29, 0.717) is 12.6 Å². The molecule has 3 heteroatoms. The summed E-state index contributed by atoms with van der Waals surface area (Å²) in [6.45, 7) is 1.48. The number of nitrogens with one attached hydrogen (secondary N) is 1. The second-order valence-electron chi connectivity index (χ2n) is 2.86. The Morgan fingerprint density at radius 2 is 2.33 bits per heavy atom. The van der Waals surface area contributed by atoms with Crippen molar-refractivity contribution in [1.29, 1.82) is 0 Å². The van der Waals surface area contributed by atoms with E-state index >= 15 is 0 Å². The summed E-state index contributed by atoms with van der Waals surface area (Å²) >= 11 is 0. The fourth-order valence-electron chi connectivity index (χ4n) is 1.65. The lowest BCUT2D eigenvalue weighted by Crippen LogP contribution is -2.29. The molecule has 0 aromatic carbocycles. The molecule has 0 amide bonds. The van der Waals surface area contributed by atoms with Gasteiger partial charge in [0.15, 0.2) is 0 Å². The van der Waals surface area contributed by atoms with Gasteiger partial charge in [0.25, 0.3) is 0 Å². The number of aliphatic hydroxyl groups is 1. The summed E-state index contributed by atoms with van der Waals surface area (Å²) in [4.78, 5) is 0. The van der Waals surface area contributed by atoms with E-state index in [4.69, 9.17) is 5.11 Å². The van der Waals surface area contributed by atoms with Crippen molar-refractivity contribution >= 4 is 12.4 Å². The van der Waals surface area contributed by atoms with Crippen molar-refractivity contribution in [2.24, 2.45) is 11.8 Å². The van der Waals surface area contributed by atoms with Crippen LogP contribution in [0.1, 0.15) is 6.42 Å². The maximum absolute atomic E-state index is 8.70. The molecule has 0 spiro atoms. The number of aliphatic hydroxyl groups excluding tert-OH is 1. The van der Waals surface area contributed by atoms with Crippen molar-refractivity contribution in [2.75, 3.05) is 13.2 Å². The molecule has 1 aliphatic carbocycles. The van der Waals surface area contributed by atoms with Gasteiger partial charge >= 0.3 is 0 Å². The van der Waals surface area contributed by atoms with Crippen molar-refractivity contribution in [1.82, 2.24) is 5.32 Å². The largest absolute Gasteiger partial charge is 0.395 e. The van der Waals surface area contributed by atoms with E-state index < -0.39 is 0 Å². The lowest BCUT2D eigenvalue weighted by molar-refractivity contribution is 0.242. The van der Waals surface area contributed by atoms with Crippen LogP contribution in [0.3, 0.4) is 0 Å². The normalized spacial score (nSPS) is 45.7. The van der Waals surface area contributed by atoms with Gasteiger partial charge in [-0.3, -0.25) is 0 Å². The maximum Gasteiger partial charge on any atom is 0.0587 e. The van der Waals surface area contributed by atoms with Gasteiger partial charge in [0.05, 0.1) is 6.61 Å². The van der Waals surface area contributed by atoms with Crippen LogP contribution in [0, 0.1) is 11.8 Å². The highest BCUT2D eigenvalue weighted by Crippen LogP contribution is 2.44. The highest BCUT2D eigenvalue weighted by atomic mass is 35.5. The number of hydrogen-bond acceptors (Lipinski definition) is 2. The minimum atomic E-state index is 0. The Hall–Kier alpha value is 0.210. The highest BCUT2D eigenvalue weighted by Gasteiger charge is 2.47. The van der Waals surface area contributed by atoms with Crippen molar-refractivity contribution < 1.29 is 5.11 Å². The van der Waals surface area contributed by atoms with Crippen LogP contribution in [0.4, 0.5) is 0 Å². The van der Waals surface area contributed by atoms with Crippen LogP contribution < -0.4 is 5.32 Å². The van der Waals surface area contributed by atoms with Crippen molar-refractivity contribution in [2.45, 2.75) is 12.5 Å². The Morgan fingerprint density at radius 1 is 1.56 bits per heavy atom. The molecule has 0 radical (unpaired) electrons. The van der Waals surface area contributed by atoms with Crippen LogP contribution in [0.2, 0.25) is 0 Å². The van der Waals surface area contributed by atoms with Crippen LogP contribution in [0.25, 0.3) is 0 Å². The first-order valence-electron chi connectivity index (χ1n) is 3.26. The molecule has 9 heavy (non-hydrogen) atoms. The summed E-state index contributed by atoms with van der Waals surface area (Å²) in [6, 6.07) is 0.444. The van der Waals surface area contributed by atoms with Crippen molar-refractivity contribution in [3.63, 3.8) is 0 Å². The van der Waals surface area contributed by atoms with E-state index in [-0.39, 0.29) is 12.4 Å². The molecule has 0 aromatic heterocycles. The molecule has 0 unspecified atom stereocenters. The van der Waals surface area contributed by atoms with E-state index in [9.17, 15) is 0 Å². The van der Waals surface area contributed by atoms with Gasteiger partial charge in [-0.2, -0.15) is 0 Å². The Labute approximate surface area is 61.0 Å². The predicted octanol–water partition coefficient (Wildman–Crippen LogP) is 0.00840. The number of rotatable bonds is 1. The van der Waals surface area contributed by atoms with Gasteiger partial charge in [0.2, 0.25) is 0 Å². The zero-order valence-corrected chi connectivity index (χ0v) is 6.03. The Kier molecular flexibility index (Phi) is 1.99. The van der Waals surface area contributed by atoms with Gasteiger partial charge in [-0.1, -0.05) is 0 Å². The van der Waals surface area contributed by atoms with Gasteiger partial charge < -0.3 is 10.4 Å². The topological polar surface area (TPSA) is 32.3 Å². The molecule has 3 atom stereocenters. The molecule has 0 bridgehead atoms. The lowest BCUT2D eigenvalue weighted by atomic mass is 10.2. The molecule has 1 saturated carbocycles. The summed E-state index contributed by atoms with van der Waals surface area (Å²) < 4.78 is 0. The first-order chi connectivity index (χ1) is 3.92. The minimum Gasteiger partial charge on any atom is -0.395 e. The number of halogens is 1. The molecule has 2 N–H and O–H groups in total. The molecule has 2 aliphatic rings. The second kappa shape index (κ2) is 2.45. The fourth-order valence-corrected chi connectivity index (χ4v) is 1.65. The molecule has 0 aromatic rings. The van der Waals surface area contributed by atoms with Crippen LogP contribution in [-0.4, -0.2) is 24.3 Å². The predicted molar refractivity (Wildman–Crippen MR) is 37.7 cm³/mol. The third-order valence-corrected chi connectivity index (χ3v) is 2.33. The molecule has 2 nitrogen and oxygen atoms in total. The summed E-state index contributed by atoms with van der Waals surface area (Å²) in [5.41, 5.74) is 0. The zero-order valence-electron chi connectivity index (χ0n) is 5.21. The van der Waals surface area contributed by atoms with Crippen LogP contribution in [0.15, 0.2) is 0 Å². The van der Waals surface area contributed by atoms with Gasteiger partial charge in [-0.25, -0.2) is 0 Å². The van der Waals surface area contributed by atoms with Crippen molar-refractivity contribution in [3.05, 3.63) is 0 Å². The molecule has 54 valence electrons. The number of hydrogen-bond donors (Lipinski definition) is 2. The van der Waals surface area contributed by atoms with Crippen LogP contribution in [0.5, 0.6) is 0 Å². The third-order valence-electron chi connectivity index (χ3n) is 2.33. The van der Waals surface area contributed by atoms with Gasteiger partial charge in [0, 0.05) is 6.04 Å². The minimum absolute atomic E-state index is 0. The summed E-state index contributed by atoms with van der Waals surface area (Å²) in [6.07, 6.45) is 1.36. The first kappa shape index (κ1) is 7.32. The van der Waals surface area contributed by atoms with Crippen molar-refractivity contribution in [3.8, 4) is 0 Å². The smallest absolute Gasteiger partial charge is 0.0587 e. The highest BCUT2D eigenvalue weighted by molar-refractivity contribution is 5.85. The molecule has 2 rings (SSSR count). The molecular weight excluding hydrogens is 138 g/mol. The molecule has 1 saturated heterocycles. The van der Waals surface area contributed by atoms with E-state index in [2.05, 4.69) is 5.32 Å². The Balaban J connectivity index is 0.000000405. The molecular formula is C6H12ClNO. The van der Waals surface area contributed by atoms with Gasteiger partial charge in [0.1, 0.15) is 0 Å². The summed E-state index contributed by atoms with van der Waals surface area (Å²) in [5, 5.41) is 12.0. The summed E-state index contributed by atoms with van der Waals surface area (Å²) in [7, 11) is 0. The quantitative estimate of drug-likeness (QED) is 0.551. The molecule has 2 fully saturated rings. The zero-order chi connectivity index (χ0) is 5.56. The van der Waals surface area contributed by atoms with E-state index in [1.54, 1.807) is 0 Å². The Morgan fingerprint density at radius 3 is 2.56 bits per heavy atom. The third kappa shape index (κ3) is 1.07. The second-order valence-corrected chi connectivity index (χ2v) is 2.86. The molecule has 1 heterocycles. The fraction of sp³-hybridized carbons (Fsp3) is 1.00. The average Bonchev–Trinajstić information content (AvgIpc) is 2.46. The number of fused-ring (bicyclic) bond motifs is 1. The summed E-state index contributed by atoms with van der Waals surface area (Å²) in [5.74, 6) is 1.76. The maximum atomic E-state index is 8.70. The van der Waals surface area contributed by atoms with Gasteiger partial charge in [-0.05, 0) is 24.8 Å². The standard InChI is InChI=1S/C6H11NO.ClH/c8-3-6-5-1-4(5)2-7-6;/h4-8H,1-3H2;1H/t4-,5+,6+;/m0./s1. The van der Waals surface area contributed by atoms with E-state index in [1.807, 2.05) is 0 Å². The number of piperidine rings is 1. The monoisotopic (exact) mass is 149 g/mol. The van der Waals surface area contributed by atoms with E-state index in [1.165, 1.54) is 6.42 Å². The first-order valence-corrected chi connectivity index (χ1v) is 3.26. The van der Waals surface area contributed by atoms with E-state index in [0.717, 1.165) is 18.4 Å². The Bertz CT molecular complexity index is 109. The average molecular weight is 150 g/mol. The lowest BCUT2D eigenvalue weighted by Gasteiger charge is -2.06. The SMILES string of the molecule is Cl.OC[C@H]1NC[C@@H]2C[C@H]21. The molecule has 1 aliphatic heterocycles. The van der Waals surface area contributed by atoms with Crippen LogP contribution in [-0.2, 0) is 0 Å². The van der Waals surface area contributed by atoms with Crippen LogP contribution >= 0.6 is 12.4 Å².